The van der Waals surface area contributed by atoms with Gasteiger partial charge in [0.1, 0.15) is 11.6 Å². The normalized spacial score (nSPS) is 11.3. The number of hydrogen-bond donors (Lipinski definition) is 2. The molecule has 7 heteroatoms. The van der Waals surface area contributed by atoms with Crippen LogP contribution >= 0.6 is 0 Å². The third-order valence-electron chi connectivity index (χ3n) is 4.04. The molecule has 0 radical (unpaired) electrons. The molecule has 0 saturated heterocycles. The summed E-state index contributed by atoms with van der Waals surface area (Å²) >= 11 is 0. The van der Waals surface area contributed by atoms with E-state index in [2.05, 4.69) is 89.1 Å². The average Bonchev–Trinajstić information content (AvgIpc) is 3.23. The smallest absolute Gasteiger partial charge is 0.249 e. The Labute approximate surface area is 153 Å². The maximum Gasteiger partial charge on any atom is 0.249 e. The molecule has 3 rings (SSSR count). The van der Waals surface area contributed by atoms with Crippen molar-refractivity contribution in [1.82, 2.24) is 29.9 Å². The Morgan fingerprint density at radius 1 is 1.08 bits per heavy atom. The monoisotopic (exact) mass is 351 g/mol. The topological polar surface area (TPSA) is 84.3 Å². The molecule has 0 aliphatic carbocycles. The fourth-order valence-electron chi connectivity index (χ4n) is 2.57. The Kier molecular flexibility index (Phi) is 5.16. The van der Waals surface area contributed by atoms with Crippen LogP contribution in [0.1, 0.15) is 62.3 Å². The number of anilines is 2. The van der Waals surface area contributed by atoms with E-state index >= 15 is 0 Å². The van der Waals surface area contributed by atoms with Gasteiger partial charge in [0.2, 0.25) is 11.9 Å². The average molecular weight is 351 g/mol. The van der Waals surface area contributed by atoms with Gasteiger partial charge in [-0.05, 0) is 11.1 Å². The van der Waals surface area contributed by atoms with Crippen LogP contribution < -0.4 is 5.32 Å². The van der Waals surface area contributed by atoms with Gasteiger partial charge in [0.15, 0.2) is 0 Å². The Balaban J connectivity index is 1.81. The van der Waals surface area contributed by atoms with Crippen LogP contribution in [0.2, 0.25) is 0 Å². The molecule has 0 spiro atoms. The molecule has 0 unspecified atom stereocenters. The highest BCUT2D eigenvalue weighted by Gasteiger charge is 2.15. The molecule has 0 aliphatic heterocycles. The second-order valence-corrected chi connectivity index (χ2v) is 6.88. The Hall–Kier alpha value is -2.96. The summed E-state index contributed by atoms with van der Waals surface area (Å²) in [6, 6.07) is 8.27. The second-order valence-electron chi connectivity index (χ2n) is 6.88. The molecule has 0 saturated carbocycles. The van der Waals surface area contributed by atoms with E-state index in [-0.39, 0.29) is 11.8 Å². The Morgan fingerprint density at radius 2 is 1.81 bits per heavy atom. The third kappa shape index (κ3) is 3.99. The summed E-state index contributed by atoms with van der Waals surface area (Å²) in [7, 11) is 0. The van der Waals surface area contributed by atoms with Crippen LogP contribution in [0.5, 0.6) is 0 Å². The van der Waals surface area contributed by atoms with Crippen molar-refractivity contribution < 1.29 is 0 Å². The minimum atomic E-state index is 0.254. The molecule has 7 nitrogen and oxygen atoms in total. The number of aromatic amines is 1. The van der Waals surface area contributed by atoms with Crippen molar-refractivity contribution in [3.8, 4) is 0 Å². The number of benzene rings is 1. The van der Waals surface area contributed by atoms with Crippen molar-refractivity contribution >= 4 is 18.0 Å². The number of H-pyrrole nitrogens is 1. The van der Waals surface area contributed by atoms with E-state index in [9.17, 15) is 0 Å². The number of nitrogens with one attached hydrogen (secondary N) is 2. The molecule has 0 fully saturated rings. The first kappa shape index (κ1) is 17.8. The zero-order valence-electron chi connectivity index (χ0n) is 15.7. The van der Waals surface area contributed by atoms with Crippen LogP contribution in [0, 0.1) is 0 Å². The van der Waals surface area contributed by atoms with E-state index in [1.807, 2.05) is 10.8 Å². The predicted octanol–water partition coefficient (Wildman–Crippen LogP) is 4.08. The molecule has 0 bridgehead atoms. The van der Waals surface area contributed by atoms with Gasteiger partial charge >= 0.3 is 0 Å². The van der Waals surface area contributed by atoms with Crippen molar-refractivity contribution in [3.63, 3.8) is 0 Å². The minimum Gasteiger partial charge on any atom is -0.290 e. The Bertz CT molecular complexity index is 872. The number of nitrogens with zero attached hydrogens (tertiary/aromatic N) is 5. The van der Waals surface area contributed by atoms with Crippen molar-refractivity contribution in [1.29, 1.82) is 0 Å². The van der Waals surface area contributed by atoms with E-state index in [1.165, 1.54) is 0 Å². The van der Waals surface area contributed by atoms with Crippen LogP contribution in [-0.4, -0.2) is 29.9 Å². The maximum absolute atomic E-state index is 4.62. The number of rotatable bonds is 7. The summed E-state index contributed by atoms with van der Waals surface area (Å²) in [6.45, 7) is 12.8. The highest BCUT2D eigenvalue weighted by Crippen LogP contribution is 2.19. The summed E-state index contributed by atoms with van der Waals surface area (Å²) in [5, 5.41) is 14.8. The van der Waals surface area contributed by atoms with Crippen LogP contribution in [0.25, 0.3) is 6.08 Å². The van der Waals surface area contributed by atoms with Gasteiger partial charge in [0, 0.05) is 11.8 Å². The first-order valence-electron chi connectivity index (χ1n) is 8.81. The summed E-state index contributed by atoms with van der Waals surface area (Å²) in [4.78, 5) is 9.04. The maximum atomic E-state index is 4.62. The fraction of sp³-hybridized carbons (Fsp3) is 0.368. The summed E-state index contributed by atoms with van der Waals surface area (Å²) in [5.41, 5.74) is 2.26. The molecule has 0 amide bonds. The summed E-state index contributed by atoms with van der Waals surface area (Å²) < 4.78 is 1.92. The molecule has 136 valence electrons. The molecule has 2 N–H and O–H groups in total. The van der Waals surface area contributed by atoms with Crippen molar-refractivity contribution in [3.05, 3.63) is 53.6 Å². The van der Waals surface area contributed by atoms with Gasteiger partial charge < -0.3 is 0 Å². The first-order valence-corrected chi connectivity index (χ1v) is 8.81. The van der Waals surface area contributed by atoms with Crippen LogP contribution in [-0.2, 0) is 6.54 Å². The van der Waals surface area contributed by atoms with Crippen LogP contribution in [0.15, 0.2) is 30.8 Å². The molecule has 0 aliphatic rings. The Morgan fingerprint density at radius 3 is 2.38 bits per heavy atom. The second kappa shape index (κ2) is 7.51. The van der Waals surface area contributed by atoms with Gasteiger partial charge in [-0.15, -0.1) is 10.2 Å². The van der Waals surface area contributed by atoms with Crippen LogP contribution in [0.4, 0.5) is 11.9 Å². The lowest BCUT2D eigenvalue weighted by Gasteiger charge is -2.08. The van der Waals surface area contributed by atoms with Crippen LogP contribution in [0.3, 0.4) is 0 Å². The standard InChI is InChI=1S/C19H25N7/c1-6-14-7-9-15(10-8-14)11-26-17(13(4)5)21-19(25-26)22-18-20-16(12(2)3)23-24-18/h6-10,12-13H,1,11H2,2-5H3,(H2,20,22,23,24,25). The molecule has 2 heterocycles. The zero-order valence-corrected chi connectivity index (χ0v) is 15.7. The van der Waals surface area contributed by atoms with E-state index in [0.29, 0.717) is 18.4 Å². The summed E-state index contributed by atoms with van der Waals surface area (Å²) in [5.74, 6) is 3.28. The SMILES string of the molecule is C=Cc1ccc(Cn2nc(Nc3n[nH]c(C(C)C)n3)nc2C(C)C)cc1. The van der Waals surface area contributed by atoms with Gasteiger partial charge in [-0.3, -0.25) is 10.4 Å². The first-order chi connectivity index (χ1) is 12.5. The quantitative estimate of drug-likeness (QED) is 0.670. The summed E-state index contributed by atoms with van der Waals surface area (Å²) in [6.07, 6.45) is 1.84. The van der Waals surface area contributed by atoms with Crippen molar-refractivity contribution in [2.75, 3.05) is 5.32 Å². The molecule has 1 aromatic carbocycles. The molecule has 3 aromatic rings. The molecule has 26 heavy (non-hydrogen) atoms. The molecular weight excluding hydrogens is 326 g/mol. The number of aromatic nitrogens is 6. The lowest BCUT2D eigenvalue weighted by atomic mass is 10.1. The van der Waals surface area contributed by atoms with Crippen molar-refractivity contribution in [2.45, 2.75) is 46.1 Å². The van der Waals surface area contributed by atoms with Crippen molar-refractivity contribution in [2.24, 2.45) is 0 Å². The van der Waals surface area contributed by atoms with E-state index in [1.54, 1.807) is 0 Å². The van der Waals surface area contributed by atoms with E-state index < -0.39 is 0 Å². The largest absolute Gasteiger partial charge is 0.290 e. The zero-order chi connectivity index (χ0) is 18.7. The number of hydrogen-bond acceptors (Lipinski definition) is 5. The minimum absolute atomic E-state index is 0.254. The molecule has 2 aromatic heterocycles. The fourth-order valence-corrected chi connectivity index (χ4v) is 2.57. The lowest BCUT2D eigenvalue weighted by Crippen LogP contribution is -2.08. The predicted molar refractivity (Wildman–Crippen MR) is 104 cm³/mol. The molecule has 0 atom stereocenters. The van der Waals surface area contributed by atoms with Gasteiger partial charge in [0.25, 0.3) is 0 Å². The lowest BCUT2D eigenvalue weighted by molar-refractivity contribution is 0.608. The van der Waals surface area contributed by atoms with Gasteiger partial charge in [-0.25, -0.2) is 4.68 Å². The highest BCUT2D eigenvalue weighted by molar-refractivity contribution is 5.47. The highest BCUT2D eigenvalue weighted by atomic mass is 15.4. The van der Waals surface area contributed by atoms with Gasteiger partial charge in [-0.1, -0.05) is 64.6 Å². The van der Waals surface area contributed by atoms with E-state index in [4.69, 9.17) is 0 Å². The third-order valence-corrected chi connectivity index (χ3v) is 4.04. The van der Waals surface area contributed by atoms with Gasteiger partial charge in [0.05, 0.1) is 6.54 Å². The van der Waals surface area contributed by atoms with E-state index in [0.717, 1.165) is 22.8 Å². The molecular formula is C19H25N7. The van der Waals surface area contributed by atoms with Gasteiger partial charge in [-0.2, -0.15) is 9.97 Å².